The maximum Gasteiger partial charge on any atom is 0.336 e. The molecule has 2 saturated heterocycles. The molecular weight excluding hydrogens is 342 g/mol. The number of piperidine rings is 1. The van der Waals surface area contributed by atoms with E-state index in [2.05, 4.69) is 4.90 Å². The van der Waals surface area contributed by atoms with Gasteiger partial charge < -0.3 is 13.9 Å². The quantitative estimate of drug-likeness (QED) is 0.761. The summed E-state index contributed by atoms with van der Waals surface area (Å²) >= 11 is 0. The van der Waals surface area contributed by atoms with Gasteiger partial charge in [0.2, 0.25) is 0 Å². The number of benzene rings is 1. The maximum atomic E-state index is 11.4. The molecule has 0 N–H and O–H groups in total. The summed E-state index contributed by atoms with van der Waals surface area (Å²) < 4.78 is 16.7. The number of rotatable bonds is 5. The van der Waals surface area contributed by atoms with Crippen molar-refractivity contribution in [2.24, 2.45) is 0 Å². The average Bonchev–Trinajstić information content (AvgIpc) is 2.81. The van der Waals surface area contributed by atoms with Gasteiger partial charge in [-0.2, -0.15) is 0 Å². The normalized spacial score (nSPS) is 25.7. The molecule has 3 heterocycles. The Morgan fingerprint density at radius 1 is 1.16 bits per heavy atom. The van der Waals surface area contributed by atoms with Crippen molar-refractivity contribution in [3.63, 3.8) is 0 Å². The fourth-order valence-corrected chi connectivity index (χ4v) is 4.19. The third-order valence-corrected chi connectivity index (χ3v) is 5.29. The third kappa shape index (κ3) is 3.84. The van der Waals surface area contributed by atoms with Crippen LogP contribution in [-0.4, -0.2) is 43.3 Å². The molecule has 0 aliphatic carbocycles. The standard InChI is InChI=1S/C19H23NO4.ClH/c1-22-9-8-20-14-4-5-15(20)11-17(10-14)23-16-6-2-13-3-7-19(21)24-18(13)12-16;/h2-3,6-7,12,14-15,17H,4-5,8-11H2,1H3;1H. The van der Waals surface area contributed by atoms with E-state index in [1.54, 1.807) is 13.2 Å². The molecule has 2 aliphatic heterocycles. The molecule has 2 fully saturated rings. The molecule has 2 bridgehead atoms. The van der Waals surface area contributed by atoms with Gasteiger partial charge in [-0.3, -0.25) is 4.90 Å². The molecule has 2 unspecified atom stereocenters. The van der Waals surface area contributed by atoms with E-state index in [1.165, 1.54) is 18.9 Å². The molecule has 2 aliphatic rings. The number of ether oxygens (including phenoxy) is 2. The Hall–Kier alpha value is -1.56. The van der Waals surface area contributed by atoms with Crippen molar-refractivity contribution >= 4 is 23.4 Å². The number of halogens is 1. The summed E-state index contributed by atoms with van der Waals surface area (Å²) in [5.74, 6) is 0.784. The minimum atomic E-state index is -0.329. The third-order valence-electron chi connectivity index (χ3n) is 5.29. The van der Waals surface area contributed by atoms with Crippen LogP contribution in [0.15, 0.2) is 39.5 Å². The summed E-state index contributed by atoms with van der Waals surface area (Å²) in [4.78, 5) is 14.0. The second-order valence-corrected chi connectivity index (χ2v) is 6.78. The molecule has 5 nitrogen and oxygen atoms in total. The van der Waals surface area contributed by atoms with Crippen LogP contribution in [0.3, 0.4) is 0 Å². The van der Waals surface area contributed by atoms with Gasteiger partial charge in [0.15, 0.2) is 0 Å². The van der Waals surface area contributed by atoms with Crippen LogP contribution in [0, 0.1) is 0 Å². The Balaban J connectivity index is 0.00000182. The highest BCUT2D eigenvalue weighted by atomic mass is 35.5. The van der Waals surface area contributed by atoms with Gasteiger partial charge in [0.05, 0.1) is 6.61 Å². The van der Waals surface area contributed by atoms with Crippen molar-refractivity contribution in [1.82, 2.24) is 4.90 Å². The van der Waals surface area contributed by atoms with Crippen molar-refractivity contribution < 1.29 is 13.9 Å². The predicted octanol–water partition coefficient (Wildman–Crippen LogP) is 3.24. The van der Waals surface area contributed by atoms with Crippen LogP contribution in [0.5, 0.6) is 5.75 Å². The summed E-state index contributed by atoms with van der Waals surface area (Å²) in [7, 11) is 1.76. The molecule has 1 aromatic heterocycles. The van der Waals surface area contributed by atoms with Crippen LogP contribution in [0.1, 0.15) is 25.7 Å². The number of nitrogens with zero attached hydrogens (tertiary/aromatic N) is 1. The highest BCUT2D eigenvalue weighted by molar-refractivity contribution is 5.85. The van der Waals surface area contributed by atoms with Crippen molar-refractivity contribution in [3.05, 3.63) is 40.8 Å². The lowest BCUT2D eigenvalue weighted by Gasteiger charge is -2.38. The fourth-order valence-electron chi connectivity index (χ4n) is 4.19. The zero-order valence-electron chi connectivity index (χ0n) is 14.3. The van der Waals surface area contributed by atoms with Gasteiger partial charge in [0.1, 0.15) is 17.4 Å². The zero-order chi connectivity index (χ0) is 16.5. The van der Waals surface area contributed by atoms with Crippen LogP contribution in [0.2, 0.25) is 0 Å². The van der Waals surface area contributed by atoms with E-state index >= 15 is 0 Å². The lowest BCUT2D eigenvalue weighted by atomic mass is 9.99. The summed E-state index contributed by atoms with van der Waals surface area (Å²) in [6, 6.07) is 10.1. The van der Waals surface area contributed by atoms with Crippen molar-refractivity contribution in [3.8, 4) is 5.75 Å². The van der Waals surface area contributed by atoms with E-state index in [-0.39, 0.29) is 24.1 Å². The van der Waals surface area contributed by atoms with Gasteiger partial charge >= 0.3 is 5.63 Å². The van der Waals surface area contributed by atoms with Crippen LogP contribution < -0.4 is 10.4 Å². The highest BCUT2D eigenvalue weighted by Crippen LogP contribution is 2.37. The van der Waals surface area contributed by atoms with Crippen LogP contribution in [-0.2, 0) is 4.74 Å². The van der Waals surface area contributed by atoms with Crippen molar-refractivity contribution in [2.75, 3.05) is 20.3 Å². The lowest BCUT2D eigenvalue weighted by Crippen LogP contribution is -2.47. The Labute approximate surface area is 153 Å². The zero-order valence-corrected chi connectivity index (χ0v) is 15.2. The average molecular weight is 366 g/mol. The molecule has 0 spiro atoms. The van der Waals surface area contributed by atoms with E-state index in [0.717, 1.165) is 37.1 Å². The Morgan fingerprint density at radius 2 is 1.88 bits per heavy atom. The smallest absolute Gasteiger partial charge is 0.336 e. The molecule has 136 valence electrons. The molecule has 0 saturated carbocycles. The molecule has 2 aromatic rings. The van der Waals surface area contributed by atoms with Crippen molar-refractivity contribution in [1.29, 1.82) is 0 Å². The highest BCUT2D eigenvalue weighted by Gasteiger charge is 2.41. The molecule has 25 heavy (non-hydrogen) atoms. The van der Waals surface area contributed by atoms with Gasteiger partial charge in [0.25, 0.3) is 0 Å². The Morgan fingerprint density at radius 3 is 2.60 bits per heavy atom. The van der Waals surface area contributed by atoms with Crippen LogP contribution in [0.25, 0.3) is 11.0 Å². The fraction of sp³-hybridized carbons (Fsp3) is 0.526. The molecule has 2 atom stereocenters. The van der Waals surface area contributed by atoms with Crippen LogP contribution >= 0.6 is 12.4 Å². The van der Waals surface area contributed by atoms with Gasteiger partial charge in [-0.25, -0.2) is 4.79 Å². The first kappa shape index (κ1) is 18.2. The van der Waals surface area contributed by atoms with Gasteiger partial charge in [0, 0.05) is 43.3 Å². The van der Waals surface area contributed by atoms with Gasteiger partial charge in [-0.15, -0.1) is 12.4 Å². The second kappa shape index (κ2) is 7.77. The molecule has 6 heteroatoms. The largest absolute Gasteiger partial charge is 0.490 e. The Bertz CT molecular complexity index is 763. The Kier molecular flexibility index (Phi) is 5.67. The minimum absolute atomic E-state index is 0. The number of hydrogen-bond donors (Lipinski definition) is 0. The molecule has 4 rings (SSSR count). The topological polar surface area (TPSA) is 51.9 Å². The summed E-state index contributed by atoms with van der Waals surface area (Å²) in [6.45, 7) is 1.81. The first-order chi connectivity index (χ1) is 11.7. The van der Waals surface area contributed by atoms with Crippen molar-refractivity contribution in [2.45, 2.75) is 43.9 Å². The monoisotopic (exact) mass is 365 g/mol. The number of fused-ring (bicyclic) bond motifs is 3. The number of methoxy groups -OCH3 is 1. The molecular formula is C19H24ClNO4. The first-order valence-electron chi connectivity index (χ1n) is 8.68. The summed E-state index contributed by atoms with van der Waals surface area (Å²) in [5, 5.41) is 0.913. The first-order valence-corrected chi connectivity index (χ1v) is 8.68. The molecule has 1 aromatic carbocycles. The molecule has 0 amide bonds. The summed E-state index contributed by atoms with van der Waals surface area (Å²) in [6.07, 6.45) is 4.84. The van der Waals surface area contributed by atoms with Gasteiger partial charge in [-0.1, -0.05) is 0 Å². The maximum absolute atomic E-state index is 11.4. The number of hydrogen-bond acceptors (Lipinski definition) is 5. The second-order valence-electron chi connectivity index (χ2n) is 6.78. The van der Waals surface area contributed by atoms with E-state index in [0.29, 0.717) is 17.7 Å². The molecule has 0 radical (unpaired) electrons. The van der Waals surface area contributed by atoms with E-state index in [1.807, 2.05) is 18.2 Å². The predicted molar refractivity (Wildman–Crippen MR) is 98.8 cm³/mol. The van der Waals surface area contributed by atoms with Gasteiger partial charge in [-0.05, 0) is 43.9 Å². The summed E-state index contributed by atoms with van der Waals surface area (Å²) in [5.41, 5.74) is 0.254. The SMILES string of the molecule is COCCN1C2CCC1CC(Oc1ccc3ccc(=O)oc3c1)C2.Cl. The minimum Gasteiger partial charge on any atom is -0.490 e. The van der Waals surface area contributed by atoms with E-state index in [4.69, 9.17) is 13.9 Å². The van der Waals surface area contributed by atoms with E-state index in [9.17, 15) is 4.79 Å². The van der Waals surface area contributed by atoms with Crippen LogP contribution in [0.4, 0.5) is 0 Å². The lowest BCUT2D eigenvalue weighted by molar-refractivity contribution is 0.0331. The van der Waals surface area contributed by atoms with E-state index < -0.39 is 0 Å².